The number of hydrogen-bond donors (Lipinski definition) is 2. The van der Waals surface area contributed by atoms with Gasteiger partial charge in [0, 0.05) is 29.8 Å². The number of aryl methyl sites for hydroxylation is 1. The van der Waals surface area contributed by atoms with Gasteiger partial charge in [0.25, 0.3) is 11.4 Å². The van der Waals surface area contributed by atoms with E-state index < -0.39 is 9.85 Å². The second-order valence-electron chi connectivity index (χ2n) is 4.63. The Hall–Kier alpha value is -3.49. The molecule has 9 nitrogen and oxygen atoms in total. The van der Waals surface area contributed by atoms with Crippen LogP contribution in [-0.2, 0) is 0 Å². The van der Waals surface area contributed by atoms with Gasteiger partial charge >= 0.3 is 0 Å². The highest BCUT2D eigenvalue weighted by Gasteiger charge is 2.10. The van der Waals surface area contributed by atoms with Gasteiger partial charge in [0.15, 0.2) is 0 Å². The highest BCUT2D eigenvalue weighted by Crippen LogP contribution is 2.23. The summed E-state index contributed by atoms with van der Waals surface area (Å²) in [4.78, 5) is 20.3. The highest BCUT2D eigenvalue weighted by molar-refractivity contribution is 5.85. The third-order valence-corrected chi connectivity index (χ3v) is 3.04. The first kappa shape index (κ1) is 15.9. The SMILES string of the molecule is Cc1ccc([N+](=O)[O-])cc1NN=Cc1cc([N+](=O)[O-])ccc1O. The van der Waals surface area contributed by atoms with E-state index in [1.165, 1.54) is 36.5 Å². The molecule has 0 spiro atoms. The Balaban J connectivity index is 2.22. The zero-order chi connectivity index (χ0) is 17.0. The number of phenols is 1. The van der Waals surface area contributed by atoms with Crippen LogP contribution in [0.3, 0.4) is 0 Å². The molecule has 0 heterocycles. The van der Waals surface area contributed by atoms with Crippen molar-refractivity contribution in [3.63, 3.8) is 0 Å². The third-order valence-electron chi connectivity index (χ3n) is 3.04. The molecule has 2 N–H and O–H groups in total. The normalized spacial score (nSPS) is 10.7. The molecule has 0 radical (unpaired) electrons. The summed E-state index contributed by atoms with van der Waals surface area (Å²) in [6.07, 6.45) is 1.20. The second kappa shape index (κ2) is 6.52. The largest absolute Gasteiger partial charge is 0.507 e. The van der Waals surface area contributed by atoms with Crippen molar-refractivity contribution in [3.05, 3.63) is 67.8 Å². The Bertz CT molecular complexity index is 804. The molecular weight excluding hydrogens is 304 g/mol. The lowest BCUT2D eigenvalue weighted by Crippen LogP contribution is -1.96. The van der Waals surface area contributed by atoms with Crippen LogP contribution in [0.15, 0.2) is 41.5 Å². The molecule has 0 saturated heterocycles. The fraction of sp³-hybridized carbons (Fsp3) is 0.0714. The Kier molecular flexibility index (Phi) is 4.50. The predicted molar refractivity (Wildman–Crippen MR) is 83.8 cm³/mol. The van der Waals surface area contributed by atoms with E-state index in [2.05, 4.69) is 10.5 Å². The van der Waals surface area contributed by atoms with Crippen molar-refractivity contribution in [2.75, 3.05) is 5.43 Å². The minimum Gasteiger partial charge on any atom is -0.507 e. The first-order valence-electron chi connectivity index (χ1n) is 6.40. The fourth-order valence-corrected chi connectivity index (χ4v) is 1.77. The number of anilines is 1. The fourth-order valence-electron chi connectivity index (χ4n) is 1.77. The van der Waals surface area contributed by atoms with E-state index in [1.54, 1.807) is 13.0 Å². The van der Waals surface area contributed by atoms with Crippen molar-refractivity contribution in [2.45, 2.75) is 6.92 Å². The Morgan fingerprint density at radius 1 is 1.09 bits per heavy atom. The molecule has 9 heteroatoms. The summed E-state index contributed by atoms with van der Waals surface area (Å²) in [5, 5.41) is 35.0. The van der Waals surface area contributed by atoms with E-state index in [4.69, 9.17) is 0 Å². The number of nitro benzene ring substituents is 2. The molecule has 0 amide bonds. The van der Waals surface area contributed by atoms with Gasteiger partial charge in [-0.2, -0.15) is 5.10 Å². The standard InChI is InChI=1S/C14H12N4O5/c1-9-2-3-12(18(22)23)7-13(9)16-15-8-10-6-11(17(20)21)4-5-14(10)19/h2-8,16,19H,1H3. The second-order valence-corrected chi connectivity index (χ2v) is 4.63. The molecule has 23 heavy (non-hydrogen) atoms. The lowest BCUT2D eigenvalue weighted by molar-refractivity contribution is -0.385. The molecule has 0 atom stereocenters. The van der Waals surface area contributed by atoms with E-state index in [1.807, 2.05) is 0 Å². The van der Waals surface area contributed by atoms with Crippen LogP contribution in [0, 0.1) is 27.2 Å². The zero-order valence-electron chi connectivity index (χ0n) is 12.0. The molecule has 0 saturated carbocycles. The van der Waals surface area contributed by atoms with Gasteiger partial charge in [-0.3, -0.25) is 25.7 Å². The van der Waals surface area contributed by atoms with Crippen LogP contribution in [0.1, 0.15) is 11.1 Å². The van der Waals surface area contributed by atoms with Crippen LogP contribution in [0.2, 0.25) is 0 Å². The summed E-state index contributed by atoms with van der Waals surface area (Å²) in [7, 11) is 0. The first-order valence-corrected chi connectivity index (χ1v) is 6.40. The predicted octanol–water partition coefficient (Wildman–Crippen LogP) is 2.96. The average Bonchev–Trinajstić information content (AvgIpc) is 2.50. The summed E-state index contributed by atoms with van der Waals surface area (Å²) >= 11 is 0. The zero-order valence-corrected chi connectivity index (χ0v) is 12.0. The number of nitrogens with zero attached hydrogens (tertiary/aromatic N) is 3. The smallest absolute Gasteiger partial charge is 0.271 e. The van der Waals surface area contributed by atoms with E-state index in [0.29, 0.717) is 5.69 Å². The molecule has 0 aliphatic heterocycles. The van der Waals surface area contributed by atoms with Crippen LogP contribution < -0.4 is 5.43 Å². The quantitative estimate of drug-likeness (QED) is 0.495. The number of nitro groups is 2. The minimum absolute atomic E-state index is 0.0912. The van der Waals surface area contributed by atoms with E-state index in [-0.39, 0.29) is 22.7 Å². The molecule has 0 aliphatic rings. The molecule has 2 rings (SSSR count). The van der Waals surface area contributed by atoms with Gasteiger partial charge in [-0.15, -0.1) is 0 Å². The van der Waals surface area contributed by atoms with Crippen LogP contribution in [0.4, 0.5) is 17.1 Å². The van der Waals surface area contributed by atoms with E-state index in [0.717, 1.165) is 5.56 Å². The van der Waals surface area contributed by atoms with E-state index in [9.17, 15) is 25.3 Å². The number of aromatic hydroxyl groups is 1. The molecule has 2 aromatic carbocycles. The molecule has 0 unspecified atom stereocenters. The lowest BCUT2D eigenvalue weighted by Gasteiger charge is -2.04. The maximum Gasteiger partial charge on any atom is 0.271 e. The van der Waals surface area contributed by atoms with E-state index >= 15 is 0 Å². The Morgan fingerprint density at radius 2 is 1.70 bits per heavy atom. The molecule has 2 aromatic rings. The number of hydrogen-bond acceptors (Lipinski definition) is 7. The molecule has 0 aliphatic carbocycles. The lowest BCUT2D eigenvalue weighted by atomic mass is 10.2. The minimum atomic E-state index is -0.588. The molecular formula is C14H12N4O5. The summed E-state index contributed by atoms with van der Waals surface area (Å²) < 4.78 is 0. The van der Waals surface area contributed by atoms with Gasteiger partial charge in [0.2, 0.25) is 0 Å². The van der Waals surface area contributed by atoms with Gasteiger partial charge in [0.1, 0.15) is 5.75 Å². The summed E-state index contributed by atoms with van der Waals surface area (Å²) in [6.45, 7) is 1.74. The summed E-state index contributed by atoms with van der Waals surface area (Å²) in [6, 6.07) is 7.79. The number of rotatable bonds is 5. The summed E-state index contributed by atoms with van der Waals surface area (Å²) in [5.41, 5.74) is 3.64. The molecule has 0 fully saturated rings. The Labute approximate surface area is 130 Å². The topological polar surface area (TPSA) is 131 Å². The van der Waals surface area contributed by atoms with Crippen LogP contribution >= 0.6 is 0 Å². The Morgan fingerprint density at radius 3 is 2.35 bits per heavy atom. The first-order chi connectivity index (χ1) is 10.9. The maximum absolute atomic E-state index is 10.7. The van der Waals surface area contributed by atoms with Crippen molar-refractivity contribution in [3.8, 4) is 5.75 Å². The molecule has 0 bridgehead atoms. The van der Waals surface area contributed by atoms with Gasteiger partial charge < -0.3 is 5.11 Å². The van der Waals surface area contributed by atoms with Gasteiger partial charge in [-0.05, 0) is 18.6 Å². The number of non-ortho nitro benzene ring substituents is 2. The monoisotopic (exact) mass is 316 g/mol. The summed E-state index contributed by atoms with van der Waals surface area (Å²) in [5.74, 6) is -0.170. The molecule has 118 valence electrons. The van der Waals surface area contributed by atoms with Gasteiger partial charge in [0.05, 0.1) is 21.7 Å². The van der Waals surface area contributed by atoms with Crippen molar-refractivity contribution >= 4 is 23.3 Å². The maximum atomic E-state index is 10.7. The average molecular weight is 316 g/mol. The van der Waals surface area contributed by atoms with Crippen LogP contribution in [0.5, 0.6) is 5.75 Å². The van der Waals surface area contributed by atoms with Crippen molar-refractivity contribution in [2.24, 2.45) is 5.10 Å². The van der Waals surface area contributed by atoms with Gasteiger partial charge in [-0.25, -0.2) is 0 Å². The van der Waals surface area contributed by atoms with Crippen LogP contribution in [-0.4, -0.2) is 21.2 Å². The van der Waals surface area contributed by atoms with Crippen molar-refractivity contribution < 1.29 is 15.0 Å². The van der Waals surface area contributed by atoms with Gasteiger partial charge in [-0.1, -0.05) is 6.07 Å². The number of hydrazone groups is 1. The number of benzene rings is 2. The number of nitrogens with one attached hydrogen (secondary N) is 1. The highest BCUT2D eigenvalue weighted by atomic mass is 16.6. The van der Waals surface area contributed by atoms with Crippen molar-refractivity contribution in [1.29, 1.82) is 0 Å². The van der Waals surface area contributed by atoms with Crippen LogP contribution in [0.25, 0.3) is 0 Å². The number of phenolic OH excluding ortho intramolecular Hbond substituents is 1. The third kappa shape index (κ3) is 3.79. The van der Waals surface area contributed by atoms with Crippen molar-refractivity contribution in [1.82, 2.24) is 0 Å². The molecule has 0 aromatic heterocycles.